The predicted molar refractivity (Wildman–Crippen MR) is 86.4 cm³/mol. The van der Waals surface area contributed by atoms with Crippen LogP contribution in [0.5, 0.6) is 0 Å². The topological polar surface area (TPSA) is 41.1 Å². The minimum Gasteiger partial charge on any atom is -0.374 e. The van der Waals surface area contributed by atoms with Crippen molar-refractivity contribution in [2.75, 3.05) is 16.9 Å². The Morgan fingerprint density at radius 1 is 1.05 bits per heavy atom. The number of carbonyl (C=O) groups excluding carboxylic acids is 1. The Kier molecular flexibility index (Phi) is 5.07. The highest BCUT2D eigenvalue weighted by atomic mass is 32.2. The molecule has 3 nitrogen and oxygen atoms in total. The van der Waals surface area contributed by atoms with Gasteiger partial charge in [0.05, 0.1) is 0 Å². The second-order valence-electron chi connectivity index (χ2n) is 4.45. The average Bonchev–Trinajstić information content (AvgIpc) is 2.48. The number of para-hydroxylation sites is 1. The summed E-state index contributed by atoms with van der Waals surface area (Å²) >= 11 is 1.68. The van der Waals surface area contributed by atoms with Gasteiger partial charge in [0.25, 0.3) is 0 Å². The monoisotopic (exact) mass is 286 g/mol. The van der Waals surface area contributed by atoms with E-state index in [1.54, 1.807) is 11.8 Å². The summed E-state index contributed by atoms with van der Waals surface area (Å²) in [7, 11) is 0. The van der Waals surface area contributed by atoms with Crippen LogP contribution in [0.3, 0.4) is 0 Å². The summed E-state index contributed by atoms with van der Waals surface area (Å²) < 4.78 is 0. The summed E-state index contributed by atoms with van der Waals surface area (Å²) in [6.07, 6.45) is 2.03. The zero-order chi connectivity index (χ0) is 14.4. The lowest BCUT2D eigenvalue weighted by Gasteiger charge is -2.15. The number of carbonyl (C=O) groups is 1. The summed E-state index contributed by atoms with van der Waals surface area (Å²) in [5.74, 6) is -0.0502. The van der Waals surface area contributed by atoms with E-state index in [9.17, 15) is 4.79 Å². The molecule has 0 spiro atoms. The molecule has 2 aromatic rings. The summed E-state index contributed by atoms with van der Waals surface area (Å²) in [5, 5.41) is 6.10. The van der Waals surface area contributed by atoms with Crippen molar-refractivity contribution in [2.24, 2.45) is 0 Å². The molecule has 0 heterocycles. The molecule has 2 rings (SSSR count). The molecule has 0 fully saturated rings. The van der Waals surface area contributed by atoms with Crippen molar-refractivity contribution in [1.82, 2.24) is 0 Å². The molecule has 0 saturated heterocycles. The summed E-state index contributed by atoms with van der Waals surface area (Å²) in [6, 6.07) is 17.2. The number of thioether (sulfide) groups is 1. The van der Waals surface area contributed by atoms with Crippen LogP contribution in [0.2, 0.25) is 0 Å². The molecule has 20 heavy (non-hydrogen) atoms. The third-order valence-corrected chi connectivity index (χ3v) is 3.61. The van der Waals surface area contributed by atoms with Gasteiger partial charge in [0, 0.05) is 16.3 Å². The van der Waals surface area contributed by atoms with Gasteiger partial charge in [-0.1, -0.05) is 24.3 Å². The van der Waals surface area contributed by atoms with Gasteiger partial charge in [0.2, 0.25) is 5.91 Å². The van der Waals surface area contributed by atoms with E-state index in [4.69, 9.17) is 0 Å². The maximum atomic E-state index is 12.1. The van der Waals surface area contributed by atoms with Gasteiger partial charge in [0.1, 0.15) is 6.04 Å². The van der Waals surface area contributed by atoms with Crippen LogP contribution in [0.1, 0.15) is 6.92 Å². The molecule has 104 valence electrons. The van der Waals surface area contributed by atoms with Gasteiger partial charge in [-0.05, 0) is 43.5 Å². The van der Waals surface area contributed by atoms with Crippen molar-refractivity contribution in [3.8, 4) is 0 Å². The molecule has 1 atom stereocenters. The summed E-state index contributed by atoms with van der Waals surface area (Å²) in [5.41, 5.74) is 1.76. The van der Waals surface area contributed by atoms with E-state index in [0.29, 0.717) is 0 Å². The smallest absolute Gasteiger partial charge is 0.246 e. The fourth-order valence-corrected chi connectivity index (χ4v) is 2.26. The van der Waals surface area contributed by atoms with Crippen molar-refractivity contribution in [3.05, 3.63) is 54.6 Å². The first-order valence-corrected chi connectivity index (χ1v) is 7.68. The Morgan fingerprint density at radius 3 is 2.45 bits per heavy atom. The molecule has 2 N–H and O–H groups in total. The number of anilines is 2. The van der Waals surface area contributed by atoms with E-state index in [2.05, 4.69) is 10.6 Å². The zero-order valence-electron chi connectivity index (χ0n) is 11.6. The Balaban J connectivity index is 1.97. The summed E-state index contributed by atoms with van der Waals surface area (Å²) in [6.45, 7) is 1.85. The number of benzene rings is 2. The maximum absolute atomic E-state index is 12.1. The molecule has 4 heteroatoms. The lowest BCUT2D eigenvalue weighted by Crippen LogP contribution is -2.31. The van der Waals surface area contributed by atoms with Crippen molar-refractivity contribution in [3.63, 3.8) is 0 Å². The van der Waals surface area contributed by atoms with Crippen LogP contribution in [0.25, 0.3) is 0 Å². The number of hydrogen-bond acceptors (Lipinski definition) is 3. The number of rotatable bonds is 5. The van der Waals surface area contributed by atoms with Crippen LogP contribution >= 0.6 is 11.8 Å². The maximum Gasteiger partial charge on any atom is 0.246 e. The zero-order valence-corrected chi connectivity index (χ0v) is 12.4. The lowest BCUT2D eigenvalue weighted by atomic mass is 10.2. The largest absolute Gasteiger partial charge is 0.374 e. The Hall–Kier alpha value is -1.94. The van der Waals surface area contributed by atoms with Crippen LogP contribution in [-0.4, -0.2) is 18.2 Å². The van der Waals surface area contributed by atoms with Gasteiger partial charge < -0.3 is 10.6 Å². The molecule has 1 amide bonds. The van der Waals surface area contributed by atoms with Gasteiger partial charge >= 0.3 is 0 Å². The van der Waals surface area contributed by atoms with Crippen molar-refractivity contribution >= 4 is 29.0 Å². The molecule has 0 radical (unpaired) electrons. The molecule has 0 aliphatic rings. The van der Waals surface area contributed by atoms with Gasteiger partial charge in [0.15, 0.2) is 0 Å². The molecule has 0 aliphatic heterocycles. The molecule has 0 aliphatic carbocycles. The van der Waals surface area contributed by atoms with Crippen LogP contribution in [-0.2, 0) is 4.79 Å². The fraction of sp³-hybridized carbons (Fsp3) is 0.188. The molecular formula is C16H18N2OS. The van der Waals surface area contributed by atoms with E-state index in [1.807, 2.05) is 67.8 Å². The number of hydrogen-bond donors (Lipinski definition) is 2. The van der Waals surface area contributed by atoms with Crippen molar-refractivity contribution < 1.29 is 4.79 Å². The highest BCUT2D eigenvalue weighted by molar-refractivity contribution is 7.98. The third-order valence-electron chi connectivity index (χ3n) is 2.89. The van der Waals surface area contributed by atoms with E-state index in [-0.39, 0.29) is 11.9 Å². The van der Waals surface area contributed by atoms with Crippen LogP contribution in [0.4, 0.5) is 11.4 Å². The quantitative estimate of drug-likeness (QED) is 0.820. The second kappa shape index (κ2) is 7.01. The van der Waals surface area contributed by atoms with Gasteiger partial charge in [-0.3, -0.25) is 4.79 Å². The molecule has 0 aromatic heterocycles. The molecule has 0 unspecified atom stereocenters. The second-order valence-corrected chi connectivity index (χ2v) is 5.33. The Bertz CT molecular complexity index is 572. The van der Waals surface area contributed by atoms with Crippen molar-refractivity contribution in [1.29, 1.82) is 0 Å². The minimum absolute atomic E-state index is 0.0502. The first kappa shape index (κ1) is 14.5. The molecular weight excluding hydrogens is 268 g/mol. The Labute approximate surface area is 123 Å². The van der Waals surface area contributed by atoms with E-state index in [1.165, 1.54) is 4.90 Å². The van der Waals surface area contributed by atoms with Gasteiger partial charge in [-0.2, -0.15) is 0 Å². The molecule has 0 saturated carbocycles. The molecule has 2 aromatic carbocycles. The highest BCUT2D eigenvalue weighted by Crippen LogP contribution is 2.19. The van der Waals surface area contributed by atoms with E-state index in [0.717, 1.165) is 11.4 Å². The highest BCUT2D eigenvalue weighted by Gasteiger charge is 2.12. The van der Waals surface area contributed by atoms with E-state index < -0.39 is 0 Å². The van der Waals surface area contributed by atoms with Crippen LogP contribution in [0, 0.1) is 0 Å². The van der Waals surface area contributed by atoms with Crippen LogP contribution in [0.15, 0.2) is 59.5 Å². The first-order chi connectivity index (χ1) is 9.69. The third kappa shape index (κ3) is 4.03. The number of nitrogens with one attached hydrogen (secondary N) is 2. The fourth-order valence-electron chi connectivity index (χ4n) is 1.80. The van der Waals surface area contributed by atoms with Gasteiger partial charge in [-0.15, -0.1) is 11.8 Å². The normalized spacial score (nSPS) is 11.7. The standard InChI is InChI=1S/C16H18N2OS/c1-12(16(19)18-13-7-4-3-5-8-13)17-14-9-6-10-15(11-14)20-2/h3-12,17H,1-2H3,(H,18,19)/t12-/m0/s1. The lowest BCUT2D eigenvalue weighted by molar-refractivity contribution is -0.116. The van der Waals surface area contributed by atoms with Crippen molar-refractivity contribution in [2.45, 2.75) is 17.9 Å². The predicted octanol–water partition coefficient (Wildman–Crippen LogP) is 3.85. The molecule has 0 bridgehead atoms. The van der Waals surface area contributed by atoms with E-state index >= 15 is 0 Å². The number of amides is 1. The summed E-state index contributed by atoms with van der Waals surface area (Å²) in [4.78, 5) is 13.3. The SMILES string of the molecule is CSc1cccc(N[C@@H](C)C(=O)Nc2ccccc2)c1. The van der Waals surface area contributed by atoms with Gasteiger partial charge in [-0.25, -0.2) is 0 Å². The average molecular weight is 286 g/mol. The first-order valence-electron chi connectivity index (χ1n) is 6.45. The minimum atomic E-state index is -0.299. The Morgan fingerprint density at radius 2 is 1.75 bits per heavy atom. The van der Waals surface area contributed by atoms with Crippen LogP contribution < -0.4 is 10.6 Å².